The zero-order chi connectivity index (χ0) is 47.7. The first kappa shape index (κ1) is 62.8. The molecule has 0 saturated heterocycles. The summed E-state index contributed by atoms with van der Waals surface area (Å²) < 4.78 is 17.3. The van der Waals surface area contributed by atoms with Crippen LogP contribution in [0, 0.1) is 0 Å². The fourth-order valence-corrected chi connectivity index (χ4v) is 7.49. The lowest BCUT2D eigenvalue weighted by molar-refractivity contribution is -0.162. The molecule has 0 heterocycles. The van der Waals surface area contributed by atoms with Gasteiger partial charge in [-0.05, 0) is 103 Å². The van der Waals surface area contributed by atoms with Gasteiger partial charge in [-0.3, -0.25) is 9.59 Å². The van der Waals surface area contributed by atoms with Gasteiger partial charge in [-0.15, -0.1) is 0 Å². The van der Waals surface area contributed by atoms with Crippen molar-refractivity contribution in [2.75, 3.05) is 19.8 Å². The average Bonchev–Trinajstić information content (AvgIpc) is 3.32. The molecule has 0 spiro atoms. The summed E-state index contributed by atoms with van der Waals surface area (Å²) >= 11 is 0. The standard InChI is InChI=1S/C61H104O5/c1-4-7-10-13-16-19-22-25-28-30-31-32-34-36-39-42-45-48-51-54-60(62)65-58-59(57-64-56-53-50-47-44-41-38-35-29-26-23-20-17-14-11-8-5-2)66-61(63)55-52-49-46-43-40-37-33-27-24-21-18-15-12-9-6-3/h9,12,17-18,20-21,25-29,33,40,43,49,52,59H,4-8,10-11,13-16,19,22-24,30-32,34-39,41-42,44-48,50-51,53-58H2,1-3H3/b12-9-,20-17-,21-18-,28-25-,29-26-,33-27-,43-40-,52-49-. The van der Waals surface area contributed by atoms with E-state index in [2.05, 4.69) is 106 Å². The van der Waals surface area contributed by atoms with E-state index in [-0.39, 0.29) is 31.6 Å². The molecule has 0 radical (unpaired) electrons. The molecule has 378 valence electrons. The number of hydrogen-bond acceptors (Lipinski definition) is 5. The van der Waals surface area contributed by atoms with Crippen molar-refractivity contribution in [3.63, 3.8) is 0 Å². The van der Waals surface area contributed by atoms with E-state index < -0.39 is 6.10 Å². The van der Waals surface area contributed by atoms with Crippen LogP contribution in [0.25, 0.3) is 0 Å². The van der Waals surface area contributed by atoms with Crippen LogP contribution in [0.3, 0.4) is 0 Å². The van der Waals surface area contributed by atoms with Crippen LogP contribution < -0.4 is 0 Å². The minimum absolute atomic E-state index is 0.0366. The summed E-state index contributed by atoms with van der Waals surface area (Å²) in [6, 6.07) is 0. The Kier molecular flexibility index (Phi) is 53.4. The third-order valence-electron chi connectivity index (χ3n) is 11.6. The minimum Gasteiger partial charge on any atom is -0.462 e. The first-order chi connectivity index (χ1) is 32.6. The van der Waals surface area contributed by atoms with Gasteiger partial charge in [0.05, 0.1) is 13.0 Å². The normalized spacial score (nSPS) is 13.0. The highest BCUT2D eigenvalue weighted by Gasteiger charge is 2.17. The smallest absolute Gasteiger partial charge is 0.310 e. The number of ether oxygens (including phenoxy) is 3. The van der Waals surface area contributed by atoms with Crippen LogP contribution in [0.2, 0.25) is 0 Å². The number of hydrogen-bond donors (Lipinski definition) is 0. The topological polar surface area (TPSA) is 61.8 Å². The first-order valence-corrected chi connectivity index (χ1v) is 27.8. The Morgan fingerprint density at radius 1 is 0.364 bits per heavy atom. The van der Waals surface area contributed by atoms with E-state index in [1.165, 1.54) is 141 Å². The molecule has 1 atom stereocenters. The minimum atomic E-state index is -0.602. The maximum absolute atomic E-state index is 12.8. The lowest BCUT2D eigenvalue weighted by Crippen LogP contribution is -2.29. The van der Waals surface area contributed by atoms with Gasteiger partial charge in [0.2, 0.25) is 0 Å². The summed E-state index contributed by atoms with van der Waals surface area (Å²) in [6.07, 6.45) is 75.9. The molecule has 0 aliphatic carbocycles. The van der Waals surface area contributed by atoms with E-state index in [9.17, 15) is 9.59 Å². The molecule has 0 fully saturated rings. The van der Waals surface area contributed by atoms with Crippen molar-refractivity contribution in [2.45, 2.75) is 258 Å². The van der Waals surface area contributed by atoms with E-state index in [0.29, 0.717) is 13.0 Å². The molecular weight excluding hydrogens is 813 g/mol. The van der Waals surface area contributed by atoms with Crippen molar-refractivity contribution < 1.29 is 23.8 Å². The monoisotopic (exact) mass is 917 g/mol. The quantitative estimate of drug-likeness (QED) is 0.0346. The highest BCUT2D eigenvalue weighted by molar-refractivity contribution is 5.71. The van der Waals surface area contributed by atoms with Crippen LogP contribution in [-0.4, -0.2) is 37.9 Å². The van der Waals surface area contributed by atoms with Crippen LogP contribution in [-0.2, 0) is 23.8 Å². The Bertz CT molecular complexity index is 1270. The zero-order valence-electron chi connectivity index (χ0n) is 43.4. The molecule has 0 aromatic carbocycles. The van der Waals surface area contributed by atoms with Gasteiger partial charge < -0.3 is 14.2 Å². The summed E-state index contributed by atoms with van der Waals surface area (Å²) in [4.78, 5) is 25.4. The van der Waals surface area contributed by atoms with E-state index in [1.54, 1.807) is 0 Å². The first-order valence-electron chi connectivity index (χ1n) is 27.8. The maximum atomic E-state index is 12.8. The highest BCUT2D eigenvalue weighted by atomic mass is 16.6. The second kappa shape index (κ2) is 56.1. The van der Waals surface area contributed by atoms with Gasteiger partial charge >= 0.3 is 11.9 Å². The summed E-state index contributed by atoms with van der Waals surface area (Å²) in [6.45, 7) is 7.56. The van der Waals surface area contributed by atoms with Crippen molar-refractivity contribution in [1.82, 2.24) is 0 Å². The van der Waals surface area contributed by atoms with Crippen LogP contribution in [0.5, 0.6) is 0 Å². The molecule has 0 aliphatic rings. The number of esters is 2. The van der Waals surface area contributed by atoms with Crippen molar-refractivity contribution in [2.24, 2.45) is 0 Å². The Balaban J connectivity index is 4.38. The second-order valence-electron chi connectivity index (χ2n) is 18.1. The molecule has 0 aromatic rings. The highest BCUT2D eigenvalue weighted by Crippen LogP contribution is 2.14. The molecule has 5 nitrogen and oxygen atoms in total. The van der Waals surface area contributed by atoms with Gasteiger partial charge in [-0.2, -0.15) is 0 Å². The Morgan fingerprint density at radius 2 is 0.727 bits per heavy atom. The van der Waals surface area contributed by atoms with Gasteiger partial charge in [-0.1, -0.05) is 234 Å². The largest absolute Gasteiger partial charge is 0.462 e. The second-order valence-corrected chi connectivity index (χ2v) is 18.1. The average molecular weight is 917 g/mol. The molecule has 0 rings (SSSR count). The summed E-state index contributed by atoms with van der Waals surface area (Å²) in [5.74, 6) is -0.551. The number of unbranched alkanes of at least 4 members (excludes halogenated alkanes) is 24. The molecular formula is C61H104O5. The van der Waals surface area contributed by atoms with Crippen LogP contribution in [0.4, 0.5) is 0 Å². The number of rotatable bonds is 50. The Hall–Kier alpha value is -3.18. The van der Waals surface area contributed by atoms with Gasteiger partial charge in [0.15, 0.2) is 6.10 Å². The zero-order valence-corrected chi connectivity index (χ0v) is 43.4. The van der Waals surface area contributed by atoms with E-state index in [4.69, 9.17) is 14.2 Å². The fraction of sp³-hybridized carbons (Fsp3) is 0.705. The van der Waals surface area contributed by atoms with Gasteiger partial charge in [0.25, 0.3) is 0 Å². The van der Waals surface area contributed by atoms with E-state index in [1.807, 2.05) is 12.2 Å². The number of carbonyl (C=O) groups excluding carboxylic acids is 2. The van der Waals surface area contributed by atoms with Crippen molar-refractivity contribution in [3.8, 4) is 0 Å². The van der Waals surface area contributed by atoms with Gasteiger partial charge in [0, 0.05) is 13.0 Å². The van der Waals surface area contributed by atoms with Crippen molar-refractivity contribution in [3.05, 3.63) is 97.2 Å². The Morgan fingerprint density at radius 3 is 1.21 bits per heavy atom. The lowest BCUT2D eigenvalue weighted by atomic mass is 10.1. The molecule has 66 heavy (non-hydrogen) atoms. The predicted octanol–water partition coefficient (Wildman–Crippen LogP) is 19.0. The lowest BCUT2D eigenvalue weighted by Gasteiger charge is -2.18. The van der Waals surface area contributed by atoms with E-state index in [0.717, 1.165) is 77.0 Å². The number of allylic oxidation sites excluding steroid dienone is 15. The summed E-state index contributed by atoms with van der Waals surface area (Å²) in [5.41, 5.74) is 0. The maximum Gasteiger partial charge on any atom is 0.310 e. The SMILES string of the molecule is CC/C=C\C/C=C\C/C=C\C/C=C\C/C=C\CC(=O)OC(COCCCCCCCC/C=C\C/C=C\CCCCC)COC(=O)CCCCCCCCCCC/C=C\CCCCCCCC. The van der Waals surface area contributed by atoms with E-state index >= 15 is 0 Å². The molecule has 0 N–H and O–H groups in total. The summed E-state index contributed by atoms with van der Waals surface area (Å²) in [7, 11) is 0. The molecule has 5 heteroatoms. The van der Waals surface area contributed by atoms with Gasteiger partial charge in [-0.25, -0.2) is 0 Å². The van der Waals surface area contributed by atoms with Crippen LogP contribution >= 0.6 is 0 Å². The Labute approximate surface area is 409 Å². The molecule has 0 aliphatic heterocycles. The van der Waals surface area contributed by atoms with Crippen molar-refractivity contribution in [1.29, 1.82) is 0 Å². The third-order valence-corrected chi connectivity index (χ3v) is 11.6. The van der Waals surface area contributed by atoms with Gasteiger partial charge in [0.1, 0.15) is 6.61 Å². The van der Waals surface area contributed by atoms with Crippen molar-refractivity contribution >= 4 is 11.9 Å². The molecule has 0 amide bonds. The molecule has 0 saturated carbocycles. The third kappa shape index (κ3) is 53.4. The molecule has 0 bridgehead atoms. The fourth-order valence-electron chi connectivity index (χ4n) is 7.49. The summed E-state index contributed by atoms with van der Waals surface area (Å²) in [5, 5.41) is 0. The molecule has 0 aromatic heterocycles. The van der Waals surface area contributed by atoms with Crippen LogP contribution in [0.1, 0.15) is 252 Å². The van der Waals surface area contributed by atoms with Crippen LogP contribution in [0.15, 0.2) is 97.2 Å². The molecule has 1 unspecified atom stereocenters. The number of carbonyl (C=O) groups is 2. The predicted molar refractivity (Wildman–Crippen MR) is 288 cm³/mol.